The molecule has 0 spiro atoms. The van der Waals surface area contributed by atoms with Crippen molar-refractivity contribution in [1.29, 1.82) is 0 Å². The predicted molar refractivity (Wildman–Crippen MR) is 70.8 cm³/mol. The number of amides is 1. The van der Waals surface area contributed by atoms with E-state index < -0.39 is 43.4 Å². The molecule has 1 amide bonds. The molecule has 2 N–H and O–H groups in total. The molecular formula is C14H15F5N2O. The number of hydrogen-bond acceptors (Lipinski definition) is 2. The number of hydrogen-bond donors (Lipinski definition) is 2. The maximum atomic E-state index is 13.0. The van der Waals surface area contributed by atoms with Crippen LogP contribution in [-0.2, 0) is 11.2 Å². The van der Waals surface area contributed by atoms with Gasteiger partial charge in [-0.1, -0.05) is 12.1 Å². The monoisotopic (exact) mass is 322 g/mol. The summed E-state index contributed by atoms with van der Waals surface area (Å²) in [6, 6.07) is 4.88. The molecule has 1 saturated heterocycles. The summed E-state index contributed by atoms with van der Waals surface area (Å²) in [7, 11) is 0. The molecule has 1 atom stereocenters. The molecule has 1 aliphatic heterocycles. The lowest BCUT2D eigenvalue weighted by molar-refractivity contribution is -0.134. The van der Waals surface area contributed by atoms with E-state index in [0.29, 0.717) is 11.3 Å². The van der Waals surface area contributed by atoms with E-state index in [4.69, 9.17) is 0 Å². The van der Waals surface area contributed by atoms with Crippen molar-refractivity contribution in [2.75, 3.05) is 11.9 Å². The van der Waals surface area contributed by atoms with E-state index in [1.807, 2.05) is 0 Å². The highest BCUT2D eigenvalue weighted by Crippen LogP contribution is 2.26. The van der Waals surface area contributed by atoms with Gasteiger partial charge in [-0.15, -0.1) is 0 Å². The van der Waals surface area contributed by atoms with E-state index in [2.05, 4.69) is 10.6 Å². The Balaban J connectivity index is 1.87. The molecule has 3 nitrogen and oxygen atoms in total. The third kappa shape index (κ3) is 4.94. The summed E-state index contributed by atoms with van der Waals surface area (Å²) in [4.78, 5) is 11.8. The lowest BCUT2D eigenvalue weighted by Gasteiger charge is -2.12. The summed E-state index contributed by atoms with van der Waals surface area (Å²) in [6.07, 6.45) is -5.84. The highest BCUT2D eigenvalue weighted by molar-refractivity contribution is 5.95. The number of alkyl halides is 5. The first-order valence-corrected chi connectivity index (χ1v) is 6.72. The van der Waals surface area contributed by atoms with Crippen LogP contribution in [0.15, 0.2) is 24.3 Å². The minimum Gasteiger partial charge on any atom is -0.325 e. The second-order valence-electron chi connectivity index (χ2n) is 5.29. The van der Waals surface area contributed by atoms with Gasteiger partial charge in [-0.3, -0.25) is 10.1 Å². The molecule has 1 aromatic carbocycles. The fraction of sp³-hybridized carbons (Fsp3) is 0.500. The van der Waals surface area contributed by atoms with Gasteiger partial charge in [0.15, 0.2) is 0 Å². The van der Waals surface area contributed by atoms with Crippen LogP contribution in [-0.4, -0.2) is 30.6 Å². The van der Waals surface area contributed by atoms with Gasteiger partial charge in [0.1, 0.15) is 0 Å². The maximum absolute atomic E-state index is 13.0. The standard InChI is InChI=1S/C14H15F5N2O/c15-13(16)7-11(20-8-13)12(22)21-10-3-1-9(2-4-10)5-6-14(17,18)19/h1-4,11,20H,5-8H2,(H,21,22). The summed E-state index contributed by atoms with van der Waals surface area (Å²) in [5.41, 5.74) is 0.846. The predicted octanol–water partition coefficient (Wildman–Crippen LogP) is 3.12. The molecule has 0 aliphatic carbocycles. The lowest BCUT2D eigenvalue weighted by atomic mass is 10.1. The molecule has 8 heteroatoms. The van der Waals surface area contributed by atoms with Gasteiger partial charge in [0.2, 0.25) is 5.91 Å². The van der Waals surface area contributed by atoms with Crippen molar-refractivity contribution < 1.29 is 26.7 Å². The molecule has 0 aromatic heterocycles. The van der Waals surface area contributed by atoms with Crippen LogP contribution in [0.25, 0.3) is 0 Å². The van der Waals surface area contributed by atoms with E-state index in [9.17, 15) is 26.7 Å². The van der Waals surface area contributed by atoms with Crippen molar-refractivity contribution in [3.63, 3.8) is 0 Å². The normalized spacial score (nSPS) is 20.9. The Bertz CT molecular complexity index is 527. The van der Waals surface area contributed by atoms with Crippen LogP contribution in [0.2, 0.25) is 0 Å². The van der Waals surface area contributed by atoms with Crippen molar-refractivity contribution in [3.05, 3.63) is 29.8 Å². The van der Waals surface area contributed by atoms with Crippen LogP contribution < -0.4 is 10.6 Å². The largest absolute Gasteiger partial charge is 0.389 e. The van der Waals surface area contributed by atoms with Crippen LogP contribution in [0, 0.1) is 0 Å². The van der Waals surface area contributed by atoms with Gasteiger partial charge >= 0.3 is 6.18 Å². The van der Waals surface area contributed by atoms with E-state index >= 15 is 0 Å². The van der Waals surface area contributed by atoms with E-state index in [1.165, 1.54) is 24.3 Å². The third-order valence-electron chi connectivity index (χ3n) is 3.34. The first-order valence-electron chi connectivity index (χ1n) is 6.72. The number of anilines is 1. The lowest BCUT2D eigenvalue weighted by Crippen LogP contribution is -2.35. The molecule has 0 saturated carbocycles. The molecule has 1 fully saturated rings. The first-order chi connectivity index (χ1) is 10.1. The molecule has 2 rings (SSSR count). The maximum Gasteiger partial charge on any atom is 0.389 e. The van der Waals surface area contributed by atoms with Crippen molar-refractivity contribution >= 4 is 11.6 Å². The number of halogens is 5. The Hall–Kier alpha value is -1.70. The second kappa shape index (κ2) is 6.20. The Morgan fingerprint density at radius 2 is 1.91 bits per heavy atom. The summed E-state index contributed by atoms with van der Waals surface area (Å²) >= 11 is 0. The molecule has 1 aromatic rings. The summed E-state index contributed by atoms with van der Waals surface area (Å²) in [5, 5.41) is 4.89. The zero-order valence-corrected chi connectivity index (χ0v) is 11.5. The topological polar surface area (TPSA) is 41.1 Å². The Labute approximate surface area is 123 Å². The summed E-state index contributed by atoms with van der Waals surface area (Å²) in [6.45, 7) is -0.540. The third-order valence-corrected chi connectivity index (χ3v) is 3.34. The smallest absolute Gasteiger partial charge is 0.325 e. The Morgan fingerprint density at radius 1 is 1.27 bits per heavy atom. The van der Waals surface area contributed by atoms with Crippen LogP contribution in [0.1, 0.15) is 18.4 Å². The van der Waals surface area contributed by atoms with Crippen LogP contribution in [0.5, 0.6) is 0 Å². The molecule has 122 valence electrons. The van der Waals surface area contributed by atoms with Gasteiger partial charge in [0, 0.05) is 18.5 Å². The molecule has 1 unspecified atom stereocenters. The van der Waals surface area contributed by atoms with Crippen LogP contribution in [0.3, 0.4) is 0 Å². The van der Waals surface area contributed by atoms with Gasteiger partial charge in [0.25, 0.3) is 5.92 Å². The van der Waals surface area contributed by atoms with Gasteiger partial charge in [-0.25, -0.2) is 8.78 Å². The Morgan fingerprint density at radius 3 is 2.41 bits per heavy atom. The molecule has 0 bridgehead atoms. The first kappa shape index (κ1) is 16.7. The summed E-state index contributed by atoms with van der Waals surface area (Å²) < 4.78 is 62.3. The van der Waals surface area contributed by atoms with Crippen LogP contribution in [0.4, 0.5) is 27.6 Å². The summed E-state index contributed by atoms with van der Waals surface area (Å²) in [5.74, 6) is -3.48. The van der Waals surface area contributed by atoms with Crippen molar-refractivity contribution in [2.45, 2.75) is 37.4 Å². The minimum atomic E-state index is -4.22. The van der Waals surface area contributed by atoms with E-state index in [0.717, 1.165) is 0 Å². The number of aryl methyl sites for hydroxylation is 1. The average molecular weight is 322 g/mol. The molecule has 22 heavy (non-hydrogen) atoms. The zero-order chi connectivity index (χ0) is 16.4. The average Bonchev–Trinajstić information content (AvgIpc) is 2.77. The van der Waals surface area contributed by atoms with Crippen molar-refractivity contribution in [1.82, 2.24) is 5.32 Å². The molecule has 0 radical (unpaired) electrons. The highest BCUT2D eigenvalue weighted by Gasteiger charge is 2.42. The van der Waals surface area contributed by atoms with Gasteiger partial charge in [-0.05, 0) is 24.1 Å². The fourth-order valence-corrected chi connectivity index (χ4v) is 2.17. The number of carbonyl (C=O) groups excluding carboxylic acids is 1. The van der Waals surface area contributed by atoms with Crippen LogP contribution >= 0.6 is 0 Å². The van der Waals surface area contributed by atoms with Gasteiger partial charge < -0.3 is 5.32 Å². The van der Waals surface area contributed by atoms with Crippen molar-refractivity contribution in [3.8, 4) is 0 Å². The SMILES string of the molecule is O=C(Nc1ccc(CCC(F)(F)F)cc1)C1CC(F)(F)CN1. The number of carbonyl (C=O) groups is 1. The fourth-order valence-electron chi connectivity index (χ4n) is 2.17. The van der Waals surface area contributed by atoms with Gasteiger partial charge in [-0.2, -0.15) is 13.2 Å². The number of nitrogens with one attached hydrogen (secondary N) is 2. The van der Waals surface area contributed by atoms with Gasteiger partial charge in [0.05, 0.1) is 12.6 Å². The molecule has 1 aliphatic rings. The quantitative estimate of drug-likeness (QED) is 0.836. The highest BCUT2D eigenvalue weighted by atomic mass is 19.4. The zero-order valence-electron chi connectivity index (χ0n) is 11.5. The second-order valence-corrected chi connectivity index (χ2v) is 5.29. The van der Waals surface area contributed by atoms with E-state index in [1.54, 1.807) is 0 Å². The van der Waals surface area contributed by atoms with E-state index in [-0.39, 0.29) is 6.42 Å². The molecule has 1 heterocycles. The molecular weight excluding hydrogens is 307 g/mol. The number of rotatable bonds is 4. The van der Waals surface area contributed by atoms with Crippen molar-refractivity contribution in [2.24, 2.45) is 0 Å². The Kier molecular flexibility index (Phi) is 4.69. The number of benzene rings is 1. The minimum absolute atomic E-state index is 0.145.